The third kappa shape index (κ3) is 2.41. The van der Waals surface area contributed by atoms with Crippen LogP contribution in [0.5, 0.6) is 0 Å². The summed E-state index contributed by atoms with van der Waals surface area (Å²) in [5.74, 6) is 1.34. The van der Waals surface area contributed by atoms with Crippen molar-refractivity contribution in [2.45, 2.75) is 53.0 Å². The molecule has 3 nitrogen and oxygen atoms in total. The van der Waals surface area contributed by atoms with Crippen LogP contribution in [0.25, 0.3) is 10.2 Å². The quantitative estimate of drug-likeness (QED) is 0.865. The van der Waals surface area contributed by atoms with Crippen molar-refractivity contribution in [2.24, 2.45) is 11.8 Å². The topological polar surface area (TPSA) is 34.9 Å². The second-order valence-electron chi connectivity index (χ2n) is 6.46. The Hall–Kier alpha value is -1.16. The van der Waals surface area contributed by atoms with Crippen molar-refractivity contribution in [1.29, 1.82) is 0 Å². The minimum Gasteiger partial charge on any atom is -0.299 e. The van der Waals surface area contributed by atoms with E-state index in [4.69, 9.17) is 0 Å². The number of hydrogen-bond donors (Lipinski definition) is 0. The standard InChI is InChI=1S/C16H22N2OS/c1-10(2)6-7-18-9-17-15-14(16(18)19)12-5-4-11(3)8-13(12)20-15/h9-11H,4-8H2,1-3H3/t11-/m1/s1. The maximum Gasteiger partial charge on any atom is 0.262 e. The number of rotatable bonds is 3. The normalized spacial score (nSPS) is 18.7. The number of fused-ring (bicyclic) bond motifs is 3. The zero-order valence-corrected chi connectivity index (χ0v) is 13.3. The minimum absolute atomic E-state index is 0.169. The molecule has 108 valence electrons. The smallest absolute Gasteiger partial charge is 0.262 e. The van der Waals surface area contributed by atoms with Crippen molar-refractivity contribution in [3.8, 4) is 0 Å². The fraction of sp³-hybridized carbons (Fsp3) is 0.625. The Labute approximate surface area is 123 Å². The first kappa shape index (κ1) is 13.8. The van der Waals surface area contributed by atoms with Crippen molar-refractivity contribution < 1.29 is 0 Å². The van der Waals surface area contributed by atoms with Gasteiger partial charge in [0.05, 0.1) is 11.7 Å². The lowest BCUT2D eigenvalue weighted by molar-refractivity contribution is 0.503. The Balaban J connectivity index is 2.06. The highest BCUT2D eigenvalue weighted by atomic mass is 32.1. The maximum absolute atomic E-state index is 12.7. The Morgan fingerprint density at radius 2 is 2.30 bits per heavy atom. The van der Waals surface area contributed by atoms with E-state index >= 15 is 0 Å². The molecule has 0 bridgehead atoms. The highest BCUT2D eigenvalue weighted by Crippen LogP contribution is 2.35. The van der Waals surface area contributed by atoms with E-state index in [0.29, 0.717) is 5.92 Å². The van der Waals surface area contributed by atoms with Crippen LogP contribution in [0.4, 0.5) is 0 Å². The van der Waals surface area contributed by atoms with E-state index in [-0.39, 0.29) is 5.56 Å². The fourth-order valence-electron chi connectivity index (χ4n) is 2.92. The van der Waals surface area contributed by atoms with E-state index in [2.05, 4.69) is 25.8 Å². The molecule has 1 atom stereocenters. The summed E-state index contributed by atoms with van der Waals surface area (Å²) in [6.45, 7) is 7.44. The van der Waals surface area contributed by atoms with E-state index in [0.717, 1.165) is 41.9 Å². The summed E-state index contributed by atoms with van der Waals surface area (Å²) in [4.78, 5) is 19.5. The maximum atomic E-state index is 12.7. The van der Waals surface area contributed by atoms with Crippen LogP contribution < -0.4 is 5.56 Å². The molecule has 2 aromatic heterocycles. The third-order valence-corrected chi connectivity index (χ3v) is 5.39. The second kappa shape index (κ2) is 5.32. The lowest BCUT2D eigenvalue weighted by Crippen LogP contribution is -2.22. The molecule has 2 aromatic rings. The molecule has 0 saturated heterocycles. The molecule has 0 saturated carbocycles. The summed E-state index contributed by atoms with van der Waals surface area (Å²) >= 11 is 1.73. The van der Waals surface area contributed by atoms with Crippen LogP contribution in [0, 0.1) is 11.8 Å². The van der Waals surface area contributed by atoms with E-state index < -0.39 is 0 Å². The van der Waals surface area contributed by atoms with Gasteiger partial charge >= 0.3 is 0 Å². The van der Waals surface area contributed by atoms with Gasteiger partial charge in [0.25, 0.3) is 5.56 Å². The van der Waals surface area contributed by atoms with Gasteiger partial charge in [-0.15, -0.1) is 11.3 Å². The molecule has 4 heteroatoms. The van der Waals surface area contributed by atoms with Crippen LogP contribution in [0.15, 0.2) is 11.1 Å². The Bertz CT molecular complexity index is 684. The molecule has 20 heavy (non-hydrogen) atoms. The molecule has 3 rings (SSSR count). The minimum atomic E-state index is 0.169. The lowest BCUT2D eigenvalue weighted by atomic mass is 9.89. The first-order chi connectivity index (χ1) is 9.56. The number of hydrogen-bond acceptors (Lipinski definition) is 3. The summed E-state index contributed by atoms with van der Waals surface area (Å²) in [6.07, 6.45) is 6.11. The van der Waals surface area contributed by atoms with Gasteiger partial charge in [0.15, 0.2) is 0 Å². The summed E-state index contributed by atoms with van der Waals surface area (Å²) in [5, 5.41) is 0.906. The second-order valence-corrected chi connectivity index (χ2v) is 7.54. The van der Waals surface area contributed by atoms with Gasteiger partial charge in [0, 0.05) is 11.4 Å². The largest absolute Gasteiger partial charge is 0.299 e. The molecule has 0 aliphatic heterocycles. The van der Waals surface area contributed by atoms with Gasteiger partial charge in [-0.1, -0.05) is 20.8 Å². The molecule has 1 aliphatic rings. The SMILES string of the molecule is CC(C)CCn1cnc2sc3c(c2c1=O)CC[C@@H](C)C3. The van der Waals surface area contributed by atoms with Crippen LogP contribution in [-0.4, -0.2) is 9.55 Å². The van der Waals surface area contributed by atoms with E-state index in [1.54, 1.807) is 22.2 Å². The third-order valence-electron chi connectivity index (χ3n) is 4.23. The van der Waals surface area contributed by atoms with Crippen LogP contribution >= 0.6 is 11.3 Å². The molecular formula is C16H22N2OS. The van der Waals surface area contributed by atoms with Gasteiger partial charge in [0.1, 0.15) is 4.83 Å². The van der Waals surface area contributed by atoms with Crippen molar-refractivity contribution in [3.63, 3.8) is 0 Å². The molecule has 0 unspecified atom stereocenters. The molecule has 2 heterocycles. The molecule has 0 fully saturated rings. The van der Waals surface area contributed by atoms with Crippen LogP contribution in [0.3, 0.4) is 0 Å². The zero-order chi connectivity index (χ0) is 14.3. The molecule has 0 amide bonds. The molecular weight excluding hydrogens is 268 g/mol. The van der Waals surface area contributed by atoms with Gasteiger partial charge in [-0.25, -0.2) is 4.98 Å². The highest BCUT2D eigenvalue weighted by molar-refractivity contribution is 7.18. The van der Waals surface area contributed by atoms with Gasteiger partial charge < -0.3 is 0 Å². The number of nitrogens with zero attached hydrogens (tertiary/aromatic N) is 2. The van der Waals surface area contributed by atoms with Gasteiger partial charge in [-0.3, -0.25) is 9.36 Å². The first-order valence-corrected chi connectivity index (χ1v) is 8.37. The first-order valence-electron chi connectivity index (χ1n) is 7.56. The monoisotopic (exact) mass is 290 g/mol. The number of aromatic nitrogens is 2. The number of aryl methyl sites for hydroxylation is 2. The van der Waals surface area contributed by atoms with Gasteiger partial charge in [-0.2, -0.15) is 0 Å². The van der Waals surface area contributed by atoms with Gasteiger partial charge in [-0.05, 0) is 43.1 Å². The highest BCUT2D eigenvalue weighted by Gasteiger charge is 2.23. The average Bonchev–Trinajstić information content (AvgIpc) is 2.75. The molecule has 0 aromatic carbocycles. The van der Waals surface area contributed by atoms with E-state index in [9.17, 15) is 4.79 Å². The molecule has 1 aliphatic carbocycles. The van der Waals surface area contributed by atoms with E-state index in [1.165, 1.54) is 16.9 Å². The predicted molar refractivity (Wildman–Crippen MR) is 84.5 cm³/mol. The van der Waals surface area contributed by atoms with Crippen molar-refractivity contribution in [3.05, 3.63) is 27.1 Å². The van der Waals surface area contributed by atoms with Crippen LogP contribution in [0.1, 0.15) is 44.1 Å². The summed E-state index contributed by atoms with van der Waals surface area (Å²) in [5.41, 5.74) is 1.46. The summed E-state index contributed by atoms with van der Waals surface area (Å²) in [7, 11) is 0. The van der Waals surface area contributed by atoms with Gasteiger partial charge in [0.2, 0.25) is 0 Å². The van der Waals surface area contributed by atoms with Crippen LogP contribution in [0.2, 0.25) is 0 Å². The Kier molecular flexibility index (Phi) is 3.67. The van der Waals surface area contributed by atoms with E-state index in [1.807, 2.05) is 0 Å². The Morgan fingerprint density at radius 1 is 1.50 bits per heavy atom. The molecule has 0 radical (unpaired) electrons. The van der Waals surface area contributed by atoms with Crippen LogP contribution in [-0.2, 0) is 19.4 Å². The number of thiophene rings is 1. The van der Waals surface area contributed by atoms with Crippen molar-refractivity contribution in [2.75, 3.05) is 0 Å². The average molecular weight is 290 g/mol. The predicted octanol–water partition coefficient (Wildman–Crippen LogP) is 3.63. The Morgan fingerprint density at radius 3 is 3.05 bits per heavy atom. The van der Waals surface area contributed by atoms with Crippen molar-refractivity contribution >= 4 is 21.6 Å². The summed E-state index contributed by atoms with van der Waals surface area (Å²) < 4.78 is 1.80. The lowest BCUT2D eigenvalue weighted by Gasteiger charge is -2.17. The van der Waals surface area contributed by atoms with Crippen molar-refractivity contribution in [1.82, 2.24) is 9.55 Å². The zero-order valence-electron chi connectivity index (χ0n) is 12.5. The molecule has 0 N–H and O–H groups in total. The fourth-order valence-corrected chi connectivity index (χ4v) is 4.26. The summed E-state index contributed by atoms with van der Waals surface area (Å²) in [6, 6.07) is 0. The molecule has 0 spiro atoms.